The number of amides is 2. The fourth-order valence-electron chi connectivity index (χ4n) is 3.34. The molecule has 1 N–H and O–H groups in total. The van der Waals surface area contributed by atoms with E-state index in [-0.39, 0.29) is 55.2 Å². The maximum atomic E-state index is 12.8. The Morgan fingerprint density at radius 1 is 1.06 bits per heavy atom. The van der Waals surface area contributed by atoms with Gasteiger partial charge in [0.1, 0.15) is 12.4 Å². The van der Waals surface area contributed by atoms with Crippen molar-refractivity contribution in [2.45, 2.75) is 24.8 Å². The van der Waals surface area contributed by atoms with Crippen molar-refractivity contribution >= 4 is 21.8 Å². The Bertz CT molecular complexity index is 1090. The molecule has 2 aromatic carbocycles. The second-order valence-corrected chi connectivity index (χ2v) is 9.42. The van der Waals surface area contributed by atoms with Gasteiger partial charge < -0.3 is 15.0 Å². The number of ketones is 1. The highest BCUT2D eigenvalue weighted by Gasteiger charge is 2.30. The van der Waals surface area contributed by atoms with Crippen LogP contribution in [-0.4, -0.2) is 68.6 Å². The minimum atomic E-state index is -3.73. The monoisotopic (exact) mass is 481 g/mol. The molecule has 3 rings (SSSR count). The highest BCUT2D eigenvalue weighted by molar-refractivity contribution is 7.89. The molecule has 11 heteroatoms. The number of alkyl halides is 2. The minimum absolute atomic E-state index is 0.0966. The fourth-order valence-corrected chi connectivity index (χ4v) is 4.76. The van der Waals surface area contributed by atoms with Crippen LogP contribution in [0.3, 0.4) is 0 Å². The van der Waals surface area contributed by atoms with Crippen LogP contribution in [0.2, 0.25) is 0 Å². The van der Waals surface area contributed by atoms with Gasteiger partial charge in [0.15, 0.2) is 5.78 Å². The van der Waals surface area contributed by atoms with Gasteiger partial charge in [-0.2, -0.15) is 4.31 Å². The Labute approximate surface area is 191 Å². The number of rotatable bonds is 8. The van der Waals surface area contributed by atoms with Crippen molar-refractivity contribution in [3.63, 3.8) is 0 Å². The molecule has 0 spiro atoms. The highest BCUT2D eigenvalue weighted by atomic mass is 32.2. The number of nitrogens with zero attached hydrogens (tertiary/aromatic N) is 2. The Balaban J connectivity index is 1.51. The van der Waals surface area contributed by atoms with Crippen molar-refractivity contribution in [3.8, 4) is 5.75 Å². The summed E-state index contributed by atoms with van der Waals surface area (Å²) < 4.78 is 56.5. The number of nitrogens with one attached hydrogen (secondary N) is 1. The van der Waals surface area contributed by atoms with Gasteiger partial charge in [-0.15, -0.1) is 0 Å². The zero-order valence-corrected chi connectivity index (χ0v) is 18.9. The number of halogens is 2. The summed E-state index contributed by atoms with van der Waals surface area (Å²) in [4.78, 5) is 25.5. The molecule has 1 aliphatic rings. The summed E-state index contributed by atoms with van der Waals surface area (Å²) in [5, 5.41) is 2.75. The number of hydrogen-bond donors (Lipinski definition) is 1. The van der Waals surface area contributed by atoms with Gasteiger partial charge in [-0.05, 0) is 36.8 Å². The lowest BCUT2D eigenvalue weighted by Crippen LogP contribution is -2.52. The first-order valence-corrected chi connectivity index (χ1v) is 11.7. The third-order valence-electron chi connectivity index (χ3n) is 5.14. The molecule has 0 unspecified atom stereocenters. The standard InChI is InChI=1S/C22H25F2N3O5S/c1-16(28)18-5-7-20(8-6-18)33(30,31)27-11-9-26(10-12-27)22(29)25-14-17-3-2-4-19(13-17)32-15-21(23)24/h2-8,13,21H,9-12,14-15H2,1H3,(H,25,29). The summed E-state index contributed by atoms with van der Waals surface area (Å²) in [6, 6.07) is 11.9. The zero-order chi connectivity index (χ0) is 24.0. The molecule has 33 heavy (non-hydrogen) atoms. The Morgan fingerprint density at radius 2 is 1.73 bits per heavy atom. The molecule has 178 valence electrons. The largest absolute Gasteiger partial charge is 0.488 e. The van der Waals surface area contributed by atoms with Gasteiger partial charge in [0.2, 0.25) is 10.0 Å². The Hall–Kier alpha value is -3.05. The summed E-state index contributed by atoms with van der Waals surface area (Å²) in [5.74, 6) is 0.142. The van der Waals surface area contributed by atoms with Crippen molar-refractivity contribution in [1.82, 2.24) is 14.5 Å². The summed E-state index contributed by atoms with van der Waals surface area (Å²) in [7, 11) is -3.73. The third-order valence-corrected chi connectivity index (χ3v) is 7.06. The lowest BCUT2D eigenvalue weighted by atomic mass is 10.2. The van der Waals surface area contributed by atoms with E-state index in [1.54, 1.807) is 24.3 Å². The number of ether oxygens (including phenoxy) is 1. The normalized spacial score (nSPS) is 14.8. The smallest absolute Gasteiger partial charge is 0.317 e. The van der Waals surface area contributed by atoms with E-state index in [0.717, 1.165) is 0 Å². The van der Waals surface area contributed by atoms with Crippen LogP contribution in [0.5, 0.6) is 5.75 Å². The van der Waals surface area contributed by atoms with Crippen LogP contribution in [0, 0.1) is 0 Å². The molecule has 2 amide bonds. The number of Topliss-reactive ketones (excluding diaryl/α,β-unsaturated/α-hetero) is 1. The van der Waals surface area contributed by atoms with Crippen LogP contribution < -0.4 is 10.1 Å². The predicted molar refractivity (Wildman–Crippen MR) is 117 cm³/mol. The van der Waals surface area contributed by atoms with Crippen LogP contribution >= 0.6 is 0 Å². The van der Waals surface area contributed by atoms with Gasteiger partial charge in [-0.3, -0.25) is 4.79 Å². The second kappa shape index (κ2) is 10.7. The van der Waals surface area contributed by atoms with Crippen molar-refractivity contribution in [3.05, 3.63) is 59.7 Å². The molecule has 1 fully saturated rings. The van der Waals surface area contributed by atoms with Crippen LogP contribution in [0.25, 0.3) is 0 Å². The Morgan fingerprint density at radius 3 is 2.33 bits per heavy atom. The van der Waals surface area contributed by atoms with E-state index in [0.29, 0.717) is 11.1 Å². The van der Waals surface area contributed by atoms with Gasteiger partial charge >= 0.3 is 6.03 Å². The van der Waals surface area contributed by atoms with E-state index in [1.165, 1.54) is 40.4 Å². The summed E-state index contributed by atoms with van der Waals surface area (Å²) in [6.45, 7) is 1.59. The molecule has 1 heterocycles. The summed E-state index contributed by atoms with van der Waals surface area (Å²) in [6.07, 6.45) is -2.57. The van der Waals surface area contributed by atoms with E-state index < -0.39 is 23.1 Å². The van der Waals surface area contributed by atoms with Gasteiger partial charge in [-0.25, -0.2) is 22.0 Å². The topological polar surface area (TPSA) is 96.0 Å². The lowest BCUT2D eigenvalue weighted by molar-refractivity contribution is 0.0818. The van der Waals surface area contributed by atoms with Crippen molar-refractivity contribution in [2.75, 3.05) is 32.8 Å². The van der Waals surface area contributed by atoms with E-state index in [4.69, 9.17) is 4.74 Å². The zero-order valence-electron chi connectivity index (χ0n) is 18.0. The molecule has 8 nitrogen and oxygen atoms in total. The first-order chi connectivity index (χ1) is 15.7. The van der Waals surface area contributed by atoms with E-state index in [9.17, 15) is 26.8 Å². The van der Waals surface area contributed by atoms with Gasteiger partial charge in [-0.1, -0.05) is 24.3 Å². The predicted octanol–water partition coefficient (Wildman–Crippen LogP) is 2.75. The van der Waals surface area contributed by atoms with Gasteiger partial charge in [0.05, 0.1) is 4.90 Å². The summed E-state index contributed by atoms with van der Waals surface area (Å²) >= 11 is 0. The maximum absolute atomic E-state index is 12.8. The van der Waals surface area contributed by atoms with Crippen LogP contribution in [0.15, 0.2) is 53.4 Å². The van der Waals surface area contributed by atoms with Gasteiger partial charge in [0, 0.05) is 38.3 Å². The first-order valence-electron chi connectivity index (χ1n) is 10.3. The van der Waals surface area contributed by atoms with E-state index >= 15 is 0 Å². The minimum Gasteiger partial charge on any atom is -0.488 e. The molecular formula is C22H25F2N3O5S. The number of carbonyl (C=O) groups excluding carboxylic acids is 2. The SMILES string of the molecule is CC(=O)c1ccc(S(=O)(=O)N2CCN(C(=O)NCc3cccc(OCC(F)F)c3)CC2)cc1. The number of piperazine rings is 1. The van der Waals surface area contributed by atoms with Crippen LogP contribution in [0.1, 0.15) is 22.8 Å². The molecular weight excluding hydrogens is 456 g/mol. The van der Waals surface area contributed by atoms with Crippen molar-refractivity contribution < 1.29 is 31.5 Å². The second-order valence-electron chi connectivity index (χ2n) is 7.48. The maximum Gasteiger partial charge on any atom is 0.317 e. The third kappa shape index (κ3) is 6.48. The molecule has 2 aromatic rings. The molecule has 0 saturated carbocycles. The molecule has 1 saturated heterocycles. The van der Waals surface area contributed by atoms with Crippen molar-refractivity contribution in [2.24, 2.45) is 0 Å². The molecule has 0 bridgehead atoms. The molecule has 1 aliphatic heterocycles. The van der Waals surface area contributed by atoms with Crippen LogP contribution in [0.4, 0.5) is 13.6 Å². The number of carbonyl (C=O) groups is 2. The average molecular weight is 482 g/mol. The van der Waals surface area contributed by atoms with Crippen molar-refractivity contribution in [1.29, 1.82) is 0 Å². The average Bonchev–Trinajstić information content (AvgIpc) is 2.81. The van der Waals surface area contributed by atoms with Crippen LogP contribution in [-0.2, 0) is 16.6 Å². The number of urea groups is 1. The molecule has 0 aliphatic carbocycles. The quantitative estimate of drug-likeness (QED) is 0.585. The highest BCUT2D eigenvalue weighted by Crippen LogP contribution is 2.19. The van der Waals surface area contributed by atoms with E-state index in [2.05, 4.69) is 5.32 Å². The lowest BCUT2D eigenvalue weighted by Gasteiger charge is -2.34. The summed E-state index contributed by atoms with van der Waals surface area (Å²) in [5.41, 5.74) is 1.12. The number of benzene rings is 2. The molecule has 0 atom stereocenters. The number of sulfonamides is 1. The Kier molecular flexibility index (Phi) is 7.98. The molecule has 0 radical (unpaired) electrons. The molecule has 0 aromatic heterocycles. The number of hydrogen-bond acceptors (Lipinski definition) is 5. The fraction of sp³-hybridized carbons (Fsp3) is 0.364. The van der Waals surface area contributed by atoms with E-state index in [1.807, 2.05) is 0 Å². The van der Waals surface area contributed by atoms with Gasteiger partial charge in [0.25, 0.3) is 6.43 Å². The first kappa shape index (κ1) is 24.6.